The van der Waals surface area contributed by atoms with Gasteiger partial charge in [0.05, 0.1) is 10.6 Å². The minimum atomic E-state index is -1.08. The van der Waals surface area contributed by atoms with E-state index < -0.39 is 12.0 Å². The first-order valence-corrected chi connectivity index (χ1v) is 7.68. The number of rotatable bonds is 4. The highest BCUT2D eigenvalue weighted by Crippen LogP contribution is 2.31. The van der Waals surface area contributed by atoms with Gasteiger partial charge in [0.1, 0.15) is 11.9 Å². The minimum Gasteiger partial charge on any atom is -0.489 e. The quantitative estimate of drug-likeness (QED) is 0.836. The second kappa shape index (κ2) is 6.62. The molecule has 21 heavy (non-hydrogen) atoms. The highest BCUT2D eigenvalue weighted by molar-refractivity contribution is 9.10. The second-order valence-corrected chi connectivity index (χ2v) is 6.29. The summed E-state index contributed by atoms with van der Waals surface area (Å²) in [6.45, 7) is 0. The number of nitrogens with two attached hydrogens (primary N) is 1. The number of aliphatic hydroxyl groups excluding tert-OH is 1. The van der Waals surface area contributed by atoms with E-state index in [-0.39, 0.29) is 17.6 Å². The third kappa shape index (κ3) is 3.85. The van der Waals surface area contributed by atoms with Crippen molar-refractivity contribution in [1.82, 2.24) is 4.57 Å². The Morgan fingerprint density at radius 1 is 1.48 bits per heavy atom. The van der Waals surface area contributed by atoms with Crippen LogP contribution in [0.4, 0.5) is 0 Å². The smallest absolute Gasteiger partial charge is 0.254 e. The third-order valence-corrected chi connectivity index (χ3v) is 4.49. The van der Waals surface area contributed by atoms with Crippen LogP contribution in [0.5, 0.6) is 5.75 Å². The Labute approximate surface area is 131 Å². The number of carbonyl (C=O) groups excluding carboxylic acids is 1. The number of hydrogen-bond acceptors (Lipinski definition) is 4. The maximum atomic E-state index is 11.6. The van der Waals surface area contributed by atoms with Crippen LogP contribution in [0.2, 0.25) is 0 Å². The Hall–Kier alpha value is -1.34. The van der Waals surface area contributed by atoms with Crippen molar-refractivity contribution in [3.8, 4) is 5.75 Å². The predicted octanol–water partition coefficient (Wildman–Crippen LogP) is 0.932. The molecule has 116 valence electrons. The largest absolute Gasteiger partial charge is 0.489 e. The fourth-order valence-corrected chi connectivity index (χ4v) is 3.12. The van der Waals surface area contributed by atoms with Crippen molar-refractivity contribution in [1.29, 1.82) is 0 Å². The number of ether oxygens (including phenoxy) is 1. The maximum Gasteiger partial charge on any atom is 0.254 e. The Balaban J connectivity index is 1.96. The van der Waals surface area contributed by atoms with Gasteiger partial charge in [-0.05, 0) is 47.5 Å². The van der Waals surface area contributed by atoms with Crippen molar-refractivity contribution in [2.24, 2.45) is 18.7 Å². The van der Waals surface area contributed by atoms with E-state index in [0.717, 1.165) is 17.3 Å². The number of amides is 1. The van der Waals surface area contributed by atoms with Crippen molar-refractivity contribution in [2.75, 3.05) is 0 Å². The fourth-order valence-electron chi connectivity index (χ4n) is 2.60. The number of primary amides is 1. The van der Waals surface area contributed by atoms with Crippen molar-refractivity contribution in [3.05, 3.63) is 27.1 Å². The molecule has 1 aliphatic rings. The summed E-state index contributed by atoms with van der Waals surface area (Å²) in [7, 11) is 1.67. The van der Waals surface area contributed by atoms with E-state index in [4.69, 9.17) is 10.5 Å². The molecule has 1 aromatic heterocycles. The molecule has 0 aromatic carbocycles. The zero-order valence-electron chi connectivity index (χ0n) is 11.8. The highest BCUT2D eigenvalue weighted by atomic mass is 79.9. The third-order valence-electron chi connectivity index (χ3n) is 3.90. The van der Waals surface area contributed by atoms with Crippen molar-refractivity contribution in [3.63, 3.8) is 0 Å². The minimum absolute atomic E-state index is 0.0234. The molecule has 1 heterocycles. The average Bonchev–Trinajstić information content (AvgIpc) is 2.44. The molecule has 0 radical (unpaired) electrons. The van der Waals surface area contributed by atoms with Crippen LogP contribution >= 0.6 is 15.9 Å². The van der Waals surface area contributed by atoms with Crippen LogP contribution in [-0.2, 0) is 11.8 Å². The summed E-state index contributed by atoms with van der Waals surface area (Å²) in [4.78, 5) is 22.6. The van der Waals surface area contributed by atoms with E-state index in [1.165, 1.54) is 10.6 Å². The molecule has 1 saturated carbocycles. The molecule has 0 spiro atoms. The van der Waals surface area contributed by atoms with Gasteiger partial charge in [-0.2, -0.15) is 0 Å². The molecule has 1 aromatic rings. The van der Waals surface area contributed by atoms with E-state index in [0.29, 0.717) is 18.6 Å². The molecule has 0 bridgehead atoms. The van der Waals surface area contributed by atoms with Crippen molar-refractivity contribution >= 4 is 21.8 Å². The topological polar surface area (TPSA) is 94.5 Å². The number of carbonyl (C=O) groups is 1. The summed E-state index contributed by atoms with van der Waals surface area (Å²) >= 11 is 3.38. The molecule has 0 aliphatic heterocycles. The van der Waals surface area contributed by atoms with E-state index >= 15 is 0 Å². The van der Waals surface area contributed by atoms with Crippen LogP contribution in [-0.4, -0.2) is 27.8 Å². The molecule has 3 N–H and O–H groups in total. The van der Waals surface area contributed by atoms with Gasteiger partial charge < -0.3 is 20.1 Å². The van der Waals surface area contributed by atoms with Crippen LogP contribution in [0.3, 0.4) is 0 Å². The first-order chi connectivity index (χ1) is 9.88. The molecule has 1 unspecified atom stereocenters. The van der Waals surface area contributed by atoms with Gasteiger partial charge in [-0.3, -0.25) is 9.59 Å². The molecule has 1 fully saturated rings. The molecule has 1 aliphatic carbocycles. The second-order valence-electron chi connectivity index (χ2n) is 5.44. The number of hydrogen-bond donors (Lipinski definition) is 2. The molecule has 0 saturated heterocycles. The number of aromatic nitrogens is 1. The first-order valence-electron chi connectivity index (χ1n) is 6.88. The number of aryl methyl sites for hydroxylation is 1. The van der Waals surface area contributed by atoms with Crippen LogP contribution in [0.25, 0.3) is 0 Å². The molecule has 6 nitrogen and oxygen atoms in total. The molecule has 2 rings (SSSR count). The summed E-state index contributed by atoms with van der Waals surface area (Å²) in [6.07, 6.45) is 3.36. The molecular formula is C14H19BrN2O4. The Bertz CT molecular complexity index is 579. The highest BCUT2D eigenvalue weighted by Gasteiger charge is 2.30. The van der Waals surface area contributed by atoms with Crippen LogP contribution in [0.1, 0.15) is 25.7 Å². The summed E-state index contributed by atoms with van der Waals surface area (Å²) in [6, 6.07) is 1.45. The van der Waals surface area contributed by atoms with Gasteiger partial charge in [-0.25, -0.2) is 0 Å². The normalized spacial score (nSPS) is 23.6. The molecule has 1 atom stereocenters. The van der Waals surface area contributed by atoms with Crippen LogP contribution in [0, 0.1) is 5.92 Å². The van der Waals surface area contributed by atoms with Crippen molar-refractivity contribution < 1.29 is 14.6 Å². The summed E-state index contributed by atoms with van der Waals surface area (Å²) < 4.78 is 8.05. The van der Waals surface area contributed by atoms with E-state index in [9.17, 15) is 14.7 Å². The average molecular weight is 359 g/mol. The number of aliphatic hydroxyl groups is 1. The number of nitrogens with zero attached hydrogens (tertiary/aromatic N) is 1. The van der Waals surface area contributed by atoms with E-state index in [1.807, 2.05) is 0 Å². The molecule has 1 amide bonds. The van der Waals surface area contributed by atoms with E-state index in [1.54, 1.807) is 13.2 Å². The zero-order valence-corrected chi connectivity index (χ0v) is 13.4. The lowest BCUT2D eigenvalue weighted by Gasteiger charge is -2.30. The Morgan fingerprint density at radius 2 is 2.10 bits per heavy atom. The monoisotopic (exact) mass is 358 g/mol. The van der Waals surface area contributed by atoms with Gasteiger partial charge in [0.2, 0.25) is 5.91 Å². The maximum absolute atomic E-state index is 11.6. The zero-order chi connectivity index (χ0) is 15.6. The molecular weight excluding hydrogens is 340 g/mol. The van der Waals surface area contributed by atoms with E-state index in [2.05, 4.69) is 15.9 Å². The standard InChI is InChI=1S/C14H19BrN2O4/c1-17-7-10(15)11(6-12(17)18)21-9-4-2-8(3-5-9)13(19)14(16)20/h6-9,13,19H,2-5H2,1H3,(H2,16,20)/t8-,9-,13?. The van der Waals surface area contributed by atoms with Gasteiger partial charge in [0, 0.05) is 19.3 Å². The van der Waals surface area contributed by atoms with Gasteiger partial charge in [0.25, 0.3) is 5.56 Å². The summed E-state index contributed by atoms with van der Waals surface area (Å²) in [5.41, 5.74) is 4.98. The van der Waals surface area contributed by atoms with Crippen LogP contribution < -0.4 is 16.0 Å². The Morgan fingerprint density at radius 3 is 2.67 bits per heavy atom. The molecule has 7 heteroatoms. The van der Waals surface area contributed by atoms with Gasteiger partial charge in [-0.1, -0.05) is 0 Å². The van der Waals surface area contributed by atoms with Crippen LogP contribution in [0.15, 0.2) is 21.5 Å². The van der Waals surface area contributed by atoms with Gasteiger partial charge in [0.15, 0.2) is 0 Å². The summed E-state index contributed by atoms with van der Waals surface area (Å²) in [5, 5.41) is 9.67. The predicted molar refractivity (Wildman–Crippen MR) is 81.0 cm³/mol. The number of halogens is 1. The number of pyridine rings is 1. The lowest BCUT2D eigenvalue weighted by Crippen LogP contribution is -2.38. The first kappa shape index (κ1) is 16.0. The SMILES string of the molecule is Cn1cc(Br)c(O[C@H]2CC[C@H](C(O)C(N)=O)CC2)cc1=O. The van der Waals surface area contributed by atoms with Gasteiger partial charge >= 0.3 is 0 Å². The summed E-state index contributed by atoms with van der Waals surface area (Å²) in [5.74, 6) is -0.250. The lowest BCUT2D eigenvalue weighted by atomic mass is 9.83. The lowest BCUT2D eigenvalue weighted by molar-refractivity contribution is -0.129. The fraction of sp³-hybridized carbons (Fsp3) is 0.571. The Kier molecular flexibility index (Phi) is 5.05. The van der Waals surface area contributed by atoms with Crippen molar-refractivity contribution in [2.45, 2.75) is 37.9 Å². The van der Waals surface area contributed by atoms with Gasteiger partial charge in [-0.15, -0.1) is 0 Å².